The molecule has 0 bridgehead atoms. The molecule has 0 saturated carbocycles. The van der Waals surface area contributed by atoms with Crippen LogP contribution in [0.3, 0.4) is 0 Å². The molecule has 1 amide bonds. The van der Waals surface area contributed by atoms with E-state index in [-0.39, 0.29) is 11.3 Å². The van der Waals surface area contributed by atoms with Crippen LogP contribution >= 0.6 is 0 Å². The fraction of sp³-hybridized carbons (Fsp3) is 0.182. The quantitative estimate of drug-likeness (QED) is 0.467. The second-order valence-electron chi connectivity index (χ2n) is 7.60. The second-order valence-corrected chi connectivity index (χ2v) is 7.60. The number of carbonyl (C=O) groups excluding carboxylic acids is 1. The van der Waals surface area contributed by atoms with Crippen LogP contribution in [0, 0.1) is 18.6 Å². The number of amides is 1. The Labute approximate surface area is 185 Å². The molecule has 4 rings (SSSR count). The Kier molecular flexibility index (Phi) is 5.56. The maximum Gasteiger partial charge on any atom is 0.416 e. The van der Waals surface area contributed by atoms with Crippen LogP contribution in [0.25, 0.3) is 5.69 Å². The van der Waals surface area contributed by atoms with Crippen molar-refractivity contribution in [3.63, 3.8) is 0 Å². The van der Waals surface area contributed by atoms with Crippen LogP contribution in [0.15, 0.2) is 54.1 Å². The van der Waals surface area contributed by atoms with Crippen LogP contribution in [0.5, 0.6) is 0 Å². The third-order valence-electron chi connectivity index (χ3n) is 5.03. The van der Waals surface area contributed by atoms with Crippen molar-refractivity contribution in [2.75, 3.05) is 17.2 Å². The number of aryl methyl sites for hydroxylation is 1. The van der Waals surface area contributed by atoms with Crippen molar-refractivity contribution >= 4 is 17.3 Å². The van der Waals surface area contributed by atoms with Gasteiger partial charge in [0, 0.05) is 18.3 Å². The number of anilines is 2. The number of hydrogen-bond donors (Lipinski definition) is 3. The fourth-order valence-corrected chi connectivity index (χ4v) is 3.18. The molecule has 0 fully saturated rings. The highest BCUT2D eigenvalue weighted by Gasteiger charge is 2.32. The van der Waals surface area contributed by atoms with Gasteiger partial charge in [-0.3, -0.25) is 4.79 Å². The monoisotopic (exact) mass is 463 g/mol. The molecule has 1 aliphatic heterocycles. The molecular weight excluding hydrogens is 445 g/mol. The predicted molar refractivity (Wildman–Crippen MR) is 112 cm³/mol. The molecule has 0 aliphatic carbocycles. The van der Waals surface area contributed by atoms with Gasteiger partial charge in [0.2, 0.25) is 0 Å². The number of alkyl halides is 3. The van der Waals surface area contributed by atoms with E-state index >= 15 is 0 Å². The molecule has 3 aromatic rings. The standard InChI is InChI=1S/C22H18F5N5O/c1-11-8-29-32(10-11)15-6-13(5-14(7-15)22(25,26)27)21(33)30-17-4-3-16(23)19(18(17)24)31-20-12(2)9-28-20/h3-8,10,28,31H,9H2,1-2H3,(H,30,33). The van der Waals surface area contributed by atoms with E-state index in [2.05, 4.69) is 21.0 Å². The van der Waals surface area contributed by atoms with Crippen molar-refractivity contribution in [3.05, 3.63) is 82.4 Å². The van der Waals surface area contributed by atoms with Crippen molar-refractivity contribution in [3.8, 4) is 5.69 Å². The zero-order valence-electron chi connectivity index (χ0n) is 17.4. The molecule has 0 atom stereocenters. The highest BCUT2D eigenvalue weighted by atomic mass is 19.4. The zero-order chi connectivity index (χ0) is 23.9. The topological polar surface area (TPSA) is 71.0 Å². The number of carbonyl (C=O) groups is 1. The predicted octanol–water partition coefficient (Wildman–Crippen LogP) is 4.98. The van der Waals surface area contributed by atoms with Gasteiger partial charge in [0.25, 0.3) is 5.91 Å². The first-order valence-electron chi connectivity index (χ1n) is 9.77. The van der Waals surface area contributed by atoms with Gasteiger partial charge in [0.1, 0.15) is 17.3 Å². The number of benzene rings is 2. The largest absolute Gasteiger partial charge is 0.416 e. The molecule has 2 aromatic carbocycles. The van der Waals surface area contributed by atoms with E-state index in [1.807, 2.05) is 0 Å². The van der Waals surface area contributed by atoms with E-state index in [0.717, 1.165) is 23.8 Å². The third kappa shape index (κ3) is 4.52. The average molecular weight is 463 g/mol. The summed E-state index contributed by atoms with van der Waals surface area (Å²) in [5.74, 6) is -2.55. The molecule has 172 valence electrons. The lowest BCUT2D eigenvalue weighted by molar-refractivity contribution is -0.137. The van der Waals surface area contributed by atoms with E-state index < -0.39 is 40.7 Å². The fourth-order valence-electron chi connectivity index (χ4n) is 3.18. The van der Waals surface area contributed by atoms with E-state index in [1.165, 1.54) is 23.1 Å². The number of rotatable bonds is 5. The van der Waals surface area contributed by atoms with Crippen LogP contribution in [-0.4, -0.2) is 22.2 Å². The summed E-state index contributed by atoms with van der Waals surface area (Å²) in [4.78, 5) is 12.8. The number of nitrogens with one attached hydrogen (secondary N) is 3. The highest BCUT2D eigenvalue weighted by molar-refractivity contribution is 6.05. The SMILES string of the molecule is CC1=C(Nc2c(F)ccc(NC(=O)c3cc(-n4cc(C)cn4)cc(C(F)(F)F)c3)c2F)NC1. The molecule has 1 aliphatic rings. The van der Waals surface area contributed by atoms with Crippen LogP contribution in [0.2, 0.25) is 0 Å². The van der Waals surface area contributed by atoms with Gasteiger partial charge < -0.3 is 16.0 Å². The second kappa shape index (κ2) is 8.23. The van der Waals surface area contributed by atoms with E-state index in [0.29, 0.717) is 24.0 Å². The zero-order valence-corrected chi connectivity index (χ0v) is 17.4. The first-order valence-corrected chi connectivity index (χ1v) is 9.77. The lowest BCUT2D eigenvalue weighted by Gasteiger charge is -2.25. The molecule has 3 N–H and O–H groups in total. The molecule has 0 unspecified atom stereocenters. The molecule has 0 spiro atoms. The third-order valence-corrected chi connectivity index (χ3v) is 5.03. The average Bonchev–Trinajstić information content (AvgIpc) is 3.20. The molecule has 1 aromatic heterocycles. The summed E-state index contributed by atoms with van der Waals surface area (Å²) in [5, 5.41) is 11.6. The minimum atomic E-state index is -4.73. The van der Waals surface area contributed by atoms with Crippen molar-refractivity contribution in [1.82, 2.24) is 15.1 Å². The molecule has 6 nitrogen and oxygen atoms in total. The molecule has 11 heteroatoms. The van der Waals surface area contributed by atoms with Gasteiger partial charge in [0.05, 0.1) is 23.1 Å². The van der Waals surface area contributed by atoms with E-state index in [1.54, 1.807) is 13.8 Å². The van der Waals surface area contributed by atoms with Gasteiger partial charge in [-0.05, 0) is 55.3 Å². The Morgan fingerprint density at radius 2 is 1.91 bits per heavy atom. The number of aromatic nitrogens is 2. The lowest BCUT2D eigenvalue weighted by atomic mass is 10.1. The Hall–Kier alpha value is -3.89. The van der Waals surface area contributed by atoms with Crippen LogP contribution in [0.4, 0.5) is 33.3 Å². The Morgan fingerprint density at radius 3 is 2.48 bits per heavy atom. The molecule has 0 saturated heterocycles. The minimum absolute atomic E-state index is 0.00322. The maximum atomic E-state index is 14.9. The smallest absolute Gasteiger partial charge is 0.368 e. The van der Waals surface area contributed by atoms with Crippen LogP contribution in [-0.2, 0) is 6.18 Å². The summed E-state index contributed by atoms with van der Waals surface area (Å²) in [5.41, 5.74) is -0.763. The van der Waals surface area contributed by atoms with Gasteiger partial charge in [-0.25, -0.2) is 13.5 Å². The summed E-state index contributed by atoms with van der Waals surface area (Å²) in [6.45, 7) is 4.05. The number of halogens is 5. The molecular formula is C22H18F5N5O. The maximum absolute atomic E-state index is 14.9. The van der Waals surface area contributed by atoms with Crippen molar-refractivity contribution in [1.29, 1.82) is 0 Å². The normalized spacial score (nSPS) is 13.4. The molecule has 33 heavy (non-hydrogen) atoms. The Morgan fingerprint density at radius 1 is 1.15 bits per heavy atom. The summed E-state index contributed by atoms with van der Waals surface area (Å²) in [7, 11) is 0. The van der Waals surface area contributed by atoms with Crippen LogP contribution < -0.4 is 16.0 Å². The van der Waals surface area contributed by atoms with Crippen molar-refractivity contribution in [2.45, 2.75) is 20.0 Å². The van der Waals surface area contributed by atoms with Crippen LogP contribution in [0.1, 0.15) is 28.4 Å². The number of hydrogen-bond acceptors (Lipinski definition) is 4. The van der Waals surface area contributed by atoms with Crippen molar-refractivity contribution < 1.29 is 26.7 Å². The molecule has 0 radical (unpaired) electrons. The number of nitrogens with zero attached hydrogens (tertiary/aromatic N) is 2. The lowest BCUT2D eigenvalue weighted by Crippen LogP contribution is -2.34. The van der Waals surface area contributed by atoms with Gasteiger partial charge in [-0.1, -0.05) is 0 Å². The van der Waals surface area contributed by atoms with Crippen molar-refractivity contribution in [2.24, 2.45) is 0 Å². The Bertz CT molecular complexity index is 1280. The van der Waals surface area contributed by atoms with Gasteiger partial charge in [-0.2, -0.15) is 18.3 Å². The van der Waals surface area contributed by atoms with Gasteiger partial charge in [0.15, 0.2) is 5.82 Å². The first-order chi connectivity index (χ1) is 15.5. The summed E-state index contributed by atoms with van der Waals surface area (Å²) in [6.07, 6.45) is -1.77. The summed E-state index contributed by atoms with van der Waals surface area (Å²) >= 11 is 0. The summed E-state index contributed by atoms with van der Waals surface area (Å²) in [6, 6.07) is 4.64. The highest BCUT2D eigenvalue weighted by Crippen LogP contribution is 2.33. The molecule has 2 heterocycles. The first kappa shape index (κ1) is 22.3. The van der Waals surface area contributed by atoms with Gasteiger partial charge in [-0.15, -0.1) is 0 Å². The minimum Gasteiger partial charge on any atom is -0.368 e. The van der Waals surface area contributed by atoms with E-state index in [4.69, 9.17) is 0 Å². The van der Waals surface area contributed by atoms with Gasteiger partial charge >= 0.3 is 6.18 Å². The Balaban J connectivity index is 1.68. The van der Waals surface area contributed by atoms with E-state index in [9.17, 15) is 26.7 Å². The summed E-state index contributed by atoms with van der Waals surface area (Å²) < 4.78 is 70.6.